The van der Waals surface area contributed by atoms with Crippen molar-refractivity contribution < 1.29 is 0 Å². The van der Waals surface area contributed by atoms with Gasteiger partial charge in [-0.3, -0.25) is 0 Å². The van der Waals surface area contributed by atoms with Crippen LogP contribution in [0.15, 0.2) is 0 Å². The Morgan fingerprint density at radius 2 is 1.88 bits per heavy atom. The van der Waals surface area contributed by atoms with E-state index in [1.54, 1.807) is 7.05 Å². The van der Waals surface area contributed by atoms with Gasteiger partial charge < -0.3 is 21.3 Å². The largest absolute Gasteiger partial charge is 0.368 e. The minimum Gasteiger partial charge on any atom is -0.368 e. The molecule has 1 heterocycles. The molecule has 0 saturated carbocycles. The molecule has 0 unspecified atom stereocenters. The lowest BCUT2D eigenvalue weighted by molar-refractivity contribution is 0.405. The monoisotopic (exact) mass is 225 g/mol. The van der Waals surface area contributed by atoms with Crippen LogP contribution >= 0.6 is 0 Å². The van der Waals surface area contributed by atoms with E-state index >= 15 is 0 Å². The fraction of sp³-hybridized carbons (Fsp3) is 0.667. The molecule has 1 aromatic heterocycles. The van der Waals surface area contributed by atoms with Gasteiger partial charge in [0.15, 0.2) is 0 Å². The Hall–Kier alpha value is -1.63. The molecule has 4 N–H and O–H groups in total. The molecule has 7 nitrogen and oxygen atoms in total. The Morgan fingerprint density at radius 1 is 1.19 bits per heavy atom. The predicted molar refractivity (Wildman–Crippen MR) is 65.4 cm³/mol. The summed E-state index contributed by atoms with van der Waals surface area (Å²) in [4.78, 5) is 14.2. The van der Waals surface area contributed by atoms with Crippen molar-refractivity contribution in [1.82, 2.24) is 19.9 Å². The van der Waals surface area contributed by atoms with Crippen molar-refractivity contribution in [3.63, 3.8) is 0 Å². The van der Waals surface area contributed by atoms with E-state index in [0.29, 0.717) is 11.9 Å². The first kappa shape index (κ1) is 12.4. The highest BCUT2D eigenvalue weighted by Crippen LogP contribution is 2.05. The molecule has 0 radical (unpaired) electrons. The Balaban J connectivity index is 2.44. The Labute approximate surface area is 95.5 Å². The minimum atomic E-state index is 0.217. The first-order valence-corrected chi connectivity index (χ1v) is 5.19. The molecular weight excluding hydrogens is 206 g/mol. The maximum atomic E-state index is 5.54. The first-order valence-electron chi connectivity index (χ1n) is 5.19. The molecule has 0 amide bonds. The Morgan fingerprint density at radius 3 is 2.50 bits per heavy atom. The Bertz CT molecular complexity index is 326. The molecule has 0 fully saturated rings. The van der Waals surface area contributed by atoms with E-state index < -0.39 is 0 Å². The lowest BCUT2D eigenvalue weighted by Crippen LogP contribution is -2.17. The molecule has 1 rings (SSSR count). The van der Waals surface area contributed by atoms with Crippen molar-refractivity contribution in [2.24, 2.45) is 0 Å². The van der Waals surface area contributed by atoms with Gasteiger partial charge in [0.2, 0.25) is 17.8 Å². The van der Waals surface area contributed by atoms with Crippen molar-refractivity contribution in [1.29, 1.82) is 0 Å². The third-order valence-electron chi connectivity index (χ3n) is 1.94. The molecule has 0 spiro atoms. The third-order valence-corrected chi connectivity index (χ3v) is 1.94. The summed E-state index contributed by atoms with van der Waals surface area (Å²) in [5.41, 5.74) is 5.54. The summed E-state index contributed by atoms with van der Waals surface area (Å²) in [6.45, 7) is 1.83. The number of aromatic nitrogens is 3. The van der Waals surface area contributed by atoms with Crippen LogP contribution in [0.3, 0.4) is 0 Å². The average Bonchev–Trinajstić information content (AvgIpc) is 2.23. The quantitative estimate of drug-likeness (QED) is 0.580. The molecule has 0 bridgehead atoms. The van der Waals surface area contributed by atoms with E-state index in [9.17, 15) is 0 Å². The van der Waals surface area contributed by atoms with E-state index in [4.69, 9.17) is 5.73 Å². The van der Waals surface area contributed by atoms with Gasteiger partial charge in [0.25, 0.3) is 0 Å². The lowest BCUT2D eigenvalue weighted by Gasteiger charge is -2.10. The van der Waals surface area contributed by atoms with Crippen LogP contribution in [0.25, 0.3) is 0 Å². The number of nitrogen functional groups attached to an aromatic ring is 1. The number of rotatable bonds is 6. The van der Waals surface area contributed by atoms with Crippen LogP contribution in [-0.2, 0) is 0 Å². The summed E-state index contributed by atoms with van der Waals surface area (Å²) < 4.78 is 0. The van der Waals surface area contributed by atoms with E-state index in [1.165, 1.54) is 0 Å². The number of hydrogen-bond acceptors (Lipinski definition) is 7. The predicted octanol–water partition coefficient (Wildman–Crippen LogP) is -0.141. The maximum Gasteiger partial charge on any atom is 0.229 e. The first-order chi connectivity index (χ1) is 7.61. The summed E-state index contributed by atoms with van der Waals surface area (Å²) in [6, 6.07) is 0. The van der Waals surface area contributed by atoms with Gasteiger partial charge in [0, 0.05) is 13.6 Å². The molecule has 0 atom stereocenters. The minimum absolute atomic E-state index is 0.217. The van der Waals surface area contributed by atoms with E-state index in [2.05, 4.69) is 30.5 Å². The fourth-order valence-electron chi connectivity index (χ4n) is 1.18. The number of nitrogens with zero attached hydrogens (tertiary/aromatic N) is 4. The van der Waals surface area contributed by atoms with Crippen molar-refractivity contribution in [3.8, 4) is 0 Å². The third kappa shape index (κ3) is 4.26. The summed E-state index contributed by atoms with van der Waals surface area (Å²) in [5, 5.41) is 5.93. The van der Waals surface area contributed by atoms with Crippen LogP contribution in [0.2, 0.25) is 0 Å². The molecule has 16 heavy (non-hydrogen) atoms. The van der Waals surface area contributed by atoms with Gasteiger partial charge in [-0.05, 0) is 27.1 Å². The molecule has 90 valence electrons. The highest BCUT2D eigenvalue weighted by atomic mass is 15.2. The Kier molecular flexibility index (Phi) is 4.71. The zero-order valence-electron chi connectivity index (χ0n) is 9.99. The zero-order valence-corrected chi connectivity index (χ0v) is 9.99. The normalized spacial score (nSPS) is 10.5. The van der Waals surface area contributed by atoms with Gasteiger partial charge in [-0.15, -0.1) is 0 Å². The summed E-state index contributed by atoms with van der Waals surface area (Å²) in [7, 11) is 5.82. The van der Waals surface area contributed by atoms with Gasteiger partial charge in [-0.25, -0.2) is 0 Å². The van der Waals surface area contributed by atoms with E-state index in [1.807, 2.05) is 14.1 Å². The van der Waals surface area contributed by atoms with Crippen molar-refractivity contribution >= 4 is 17.8 Å². The molecule has 1 aromatic rings. The summed E-state index contributed by atoms with van der Waals surface area (Å²) in [5.74, 6) is 1.20. The van der Waals surface area contributed by atoms with Crippen LogP contribution in [0.5, 0.6) is 0 Å². The molecule has 0 aromatic carbocycles. The molecule has 0 aliphatic heterocycles. The van der Waals surface area contributed by atoms with Crippen LogP contribution in [0, 0.1) is 0 Å². The van der Waals surface area contributed by atoms with Crippen molar-refractivity contribution in [2.75, 3.05) is 50.6 Å². The topological polar surface area (TPSA) is 92.0 Å². The fourth-order valence-corrected chi connectivity index (χ4v) is 1.18. The van der Waals surface area contributed by atoms with Crippen molar-refractivity contribution in [2.45, 2.75) is 6.42 Å². The number of anilines is 3. The second-order valence-electron chi connectivity index (χ2n) is 3.67. The molecular formula is C9H19N7. The molecule has 7 heteroatoms. The van der Waals surface area contributed by atoms with Gasteiger partial charge in [-0.2, -0.15) is 15.0 Å². The zero-order chi connectivity index (χ0) is 12.0. The molecule has 0 aliphatic carbocycles. The molecule has 0 aliphatic rings. The summed E-state index contributed by atoms with van der Waals surface area (Å²) in [6.07, 6.45) is 1.02. The SMILES string of the molecule is CNc1nc(N)nc(NCCCN(C)C)n1. The second-order valence-corrected chi connectivity index (χ2v) is 3.67. The number of nitrogens with one attached hydrogen (secondary N) is 2. The van der Waals surface area contributed by atoms with Crippen molar-refractivity contribution in [3.05, 3.63) is 0 Å². The van der Waals surface area contributed by atoms with Gasteiger partial charge in [0.1, 0.15) is 0 Å². The highest BCUT2D eigenvalue weighted by Gasteiger charge is 2.01. The van der Waals surface area contributed by atoms with Crippen LogP contribution in [0.4, 0.5) is 17.8 Å². The van der Waals surface area contributed by atoms with Gasteiger partial charge in [0.05, 0.1) is 0 Å². The number of hydrogen-bond donors (Lipinski definition) is 3. The lowest BCUT2D eigenvalue weighted by atomic mass is 10.4. The molecule has 0 saturated heterocycles. The van der Waals surface area contributed by atoms with E-state index in [0.717, 1.165) is 19.5 Å². The van der Waals surface area contributed by atoms with Crippen LogP contribution in [0.1, 0.15) is 6.42 Å². The van der Waals surface area contributed by atoms with Crippen LogP contribution in [-0.4, -0.2) is 54.1 Å². The highest BCUT2D eigenvalue weighted by molar-refractivity contribution is 5.39. The standard InChI is InChI=1S/C9H19N7/c1-11-8-13-7(10)14-9(15-8)12-5-4-6-16(2)3/h4-6H2,1-3H3,(H4,10,11,12,13,14,15). The van der Waals surface area contributed by atoms with E-state index in [-0.39, 0.29) is 5.95 Å². The van der Waals surface area contributed by atoms with Gasteiger partial charge in [-0.1, -0.05) is 0 Å². The smallest absolute Gasteiger partial charge is 0.229 e. The van der Waals surface area contributed by atoms with Crippen LogP contribution < -0.4 is 16.4 Å². The maximum absolute atomic E-state index is 5.54. The average molecular weight is 225 g/mol. The second kappa shape index (κ2) is 6.06. The number of nitrogens with two attached hydrogens (primary N) is 1. The summed E-state index contributed by atoms with van der Waals surface area (Å²) >= 11 is 0. The van der Waals surface area contributed by atoms with Gasteiger partial charge >= 0.3 is 0 Å².